The fraction of sp³-hybridized carbons (Fsp3) is 0.538. The topological polar surface area (TPSA) is 69.6 Å². The first-order valence-corrected chi connectivity index (χ1v) is 7.09. The number of carbonyl (C=O) groups is 2. The van der Waals surface area contributed by atoms with E-state index in [1.54, 1.807) is 30.1 Å². The van der Waals surface area contributed by atoms with E-state index in [-0.39, 0.29) is 12.6 Å². The summed E-state index contributed by atoms with van der Waals surface area (Å²) in [5.74, 6) is -0.911. The van der Waals surface area contributed by atoms with E-state index in [9.17, 15) is 9.59 Å². The zero-order valence-corrected chi connectivity index (χ0v) is 11.9. The second kappa shape index (κ2) is 5.21. The van der Waals surface area contributed by atoms with Crippen molar-refractivity contribution in [2.75, 3.05) is 13.1 Å². The molecule has 1 aliphatic heterocycles. The molecule has 0 fully saturated rings. The van der Waals surface area contributed by atoms with Gasteiger partial charge in [0, 0.05) is 24.5 Å². The van der Waals surface area contributed by atoms with Crippen LogP contribution in [0.1, 0.15) is 24.3 Å². The van der Waals surface area contributed by atoms with E-state index in [1.165, 1.54) is 10.4 Å². The molecule has 2 heterocycles. The van der Waals surface area contributed by atoms with Crippen LogP contribution >= 0.6 is 11.3 Å². The molecule has 2 N–H and O–H groups in total. The number of nitrogens with one attached hydrogen (secondary N) is 1. The van der Waals surface area contributed by atoms with Crippen LogP contribution < -0.4 is 5.32 Å². The first-order valence-electron chi connectivity index (χ1n) is 6.21. The first kappa shape index (κ1) is 13.9. The highest BCUT2D eigenvalue weighted by Crippen LogP contribution is 2.24. The summed E-state index contributed by atoms with van der Waals surface area (Å²) < 4.78 is 0. The average Bonchev–Trinajstić information content (AvgIpc) is 2.82. The van der Waals surface area contributed by atoms with Gasteiger partial charge < -0.3 is 15.3 Å². The maximum absolute atomic E-state index is 12.0. The third-order valence-corrected chi connectivity index (χ3v) is 4.38. The Bertz CT molecular complexity index is 496. The average molecular weight is 282 g/mol. The van der Waals surface area contributed by atoms with Gasteiger partial charge in [0.05, 0.1) is 5.41 Å². The number of carbonyl (C=O) groups excluding carboxylic acids is 1. The Balaban J connectivity index is 1.90. The van der Waals surface area contributed by atoms with Crippen molar-refractivity contribution in [2.45, 2.75) is 26.8 Å². The first-order chi connectivity index (χ1) is 8.90. The number of urea groups is 1. The van der Waals surface area contributed by atoms with Crippen molar-refractivity contribution < 1.29 is 14.7 Å². The smallest absolute Gasteiger partial charge is 0.317 e. The van der Waals surface area contributed by atoms with Gasteiger partial charge in [-0.2, -0.15) is 0 Å². The largest absolute Gasteiger partial charge is 0.481 e. The summed E-state index contributed by atoms with van der Waals surface area (Å²) in [7, 11) is 0. The van der Waals surface area contributed by atoms with Crippen LogP contribution in [0, 0.1) is 5.41 Å². The Morgan fingerprint density at radius 2 is 2.26 bits per heavy atom. The van der Waals surface area contributed by atoms with E-state index in [0.29, 0.717) is 13.1 Å². The lowest BCUT2D eigenvalue weighted by Gasteiger charge is -2.28. The monoisotopic (exact) mass is 282 g/mol. The SMILES string of the molecule is CC(C)(CNC(=O)N1CCc2sccc2C1)C(=O)O. The number of hydrogen-bond donors (Lipinski definition) is 2. The quantitative estimate of drug-likeness (QED) is 0.890. The van der Waals surface area contributed by atoms with Crippen molar-refractivity contribution in [1.82, 2.24) is 10.2 Å². The second-order valence-corrected chi connectivity index (χ2v) is 6.39. The van der Waals surface area contributed by atoms with Gasteiger partial charge in [0.15, 0.2) is 0 Å². The molecule has 0 unspecified atom stereocenters. The number of aliphatic carboxylic acids is 1. The van der Waals surface area contributed by atoms with Gasteiger partial charge in [-0.25, -0.2) is 4.79 Å². The van der Waals surface area contributed by atoms with Gasteiger partial charge in [0.2, 0.25) is 0 Å². The molecule has 1 aromatic heterocycles. The normalized spacial score (nSPS) is 14.9. The Morgan fingerprint density at radius 3 is 2.95 bits per heavy atom. The van der Waals surface area contributed by atoms with Crippen LogP contribution in [0.15, 0.2) is 11.4 Å². The van der Waals surface area contributed by atoms with Gasteiger partial charge in [-0.1, -0.05) is 0 Å². The molecule has 5 nitrogen and oxygen atoms in total. The number of carboxylic acid groups (broad SMARTS) is 1. The van der Waals surface area contributed by atoms with Crippen LogP contribution in [-0.2, 0) is 17.8 Å². The van der Waals surface area contributed by atoms with Crippen LogP contribution in [0.4, 0.5) is 4.79 Å². The Kier molecular flexibility index (Phi) is 3.80. The molecule has 1 aliphatic rings. The van der Waals surface area contributed by atoms with Crippen molar-refractivity contribution in [2.24, 2.45) is 5.41 Å². The number of amides is 2. The van der Waals surface area contributed by atoms with E-state index >= 15 is 0 Å². The molecule has 0 saturated heterocycles. The van der Waals surface area contributed by atoms with Crippen molar-refractivity contribution >= 4 is 23.3 Å². The zero-order chi connectivity index (χ0) is 14.0. The summed E-state index contributed by atoms with van der Waals surface area (Å²) in [6.07, 6.45) is 0.878. The van der Waals surface area contributed by atoms with Crippen molar-refractivity contribution in [3.63, 3.8) is 0 Å². The van der Waals surface area contributed by atoms with E-state index in [0.717, 1.165) is 6.42 Å². The van der Waals surface area contributed by atoms with E-state index < -0.39 is 11.4 Å². The highest BCUT2D eigenvalue weighted by atomic mass is 32.1. The molecule has 104 valence electrons. The standard InChI is InChI=1S/C13H18N2O3S/c1-13(2,11(16)17)8-14-12(18)15-5-3-10-9(7-15)4-6-19-10/h4,6H,3,5,7-8H2,1-2H3,(H,14,18)(H,16,17). The molecule has 19 heavy (non-hydrogen) atoms. The molecule has 2 amide bonds. The van der Waals surface area contributed by atoms with Crippen LogP contribution in [0.2, 0.25) is 0 Å². The van der Waals surface area contributed by atoms with Crippen LogP contribution in [0.5, 0.6) is 0 Å². The Hall–Kier alpha value is -1.56. The van der Waals surface area contributed by atoms with Gasteiger partial charge in [-0.05, 0) is 37.3 Å². The highest BCUT2D eigenvalue weighted by Gasteiger charge is 2.29. The minimum Gasteiger partial charge on any atom is -0.481 e. The predicted molar refractivity (Wildman–Crippen MR) is 73.2 cm³/mol. The van der Waals surface area contributed by atoms with Crippen LogP contribution in [0.25, 0.3) is 0 Å². The zero-order valence-electron chi connectivity index (χ0n) is 11.1. The summed E-state index contributed by atoms with van der Waals surface area (Å²) in [4.78, 5) is 26.1. The van der Waals surface area contributed by atoms with Gasteiger partial charge in [-0.15, -0.1) is 11.3 Å². The fourth-order valence-electron chi connectivity index (χ4n) is 1.91. The summed E-state index contributed by atoms with van der Waals surface area (Å²) in [5, 5.41) is 13.8. The van der Waals surface area contributed by atoms with Crippen molar-refractivity contribution in [3.05, 3.63) is 21.9 Å². The molecule has 0 aliphatic carbocycles. The molecule has 0 atom stereocenters. The summed E-state index contributed by atoms with van der Waals surface area (Å²) >= 11 is 1.72. The molecule has 1 aromatic rings. The number of nitrogens with zero attached hydrogens (tertiary/aromatic N) is 1. The summed E-state index contributed by atoms with van der Waals surface area (Å²) in [5.41, 5.74) is 0.253. The molecule has 0 saturated carbocycles. The Morgan fingerprint density at radius 1 is 1.53 bits per heavy atom. The fourth-order valence-corrected chi connectivity index (χ4v) is 2.80. The lowest BCUT2D eigenvalue weighted by atomic mass is 9.94. The van der Waals surface area contributed by atoms with E-state index in [2.05, 4.69) is 5.32 Å². The summed E-state index contributed by atoms with van der Waals surface area (Å²) in [6.45, 7) is 4.63. The second-order valence-electron chi connectivity index (χ2n) is 5.39. The number of thiophene rings is 1. The lowest BCUT2D eigenvalue weighted by molar-refractivity contribution is -0.146. The highest BCUT2D eigenvalue weighted by molar-refractivity contribution is 7.10. The minimum atomic E-state index is -0.945. The molecule has 6 heteroatoms. The minimum absolute atomic E-state index is 0.133. The van der Waals surface area contributed by atoms with E-state index in [4.69, 9.17) is 5.11 Å². The van der Waals surface area contributed by atoms with E-state index in [1.807, 2.05) is 11.4 Å². The number of rotatable bonds is 3. The number of carboxylic acids is 1. The predicted octanol–water partition coefficient (Wildman–Crippen LogP) is 1.93. The third kappa shape index (κ3) is 3.07. The van der Waals surface area contributed by atoms with Crippen molar-refractivity contribution in [3.8, 4) is 0 Å². The molecule has 2 rings (SSSR count). The molecule has 0 radical (unpaired) electrons. The number of fused-ring (bicyclic) bond motifs is 1. The molecule has 0 bridgehead atoms. The van der Waals surface area contributed by atoms with Gasteiger partial charge in [0.1, 0.15) is 0 Å². The van der Waals surface area contributed by atoms with Gasteiger partial charge in [0.25, 0.3) is 0 Å². The third-order valence-electron chi connectivity index (χ3n) is 3.36. The Labute approximate surface area is 116 Å². The van der Waals surface area contributed by atoms with Crippen molar-refractivity contribution in [1.29, 1.82) is 0 Å². The van der Waals surface area contributed by atoms with Gasteiger partial charge >= 0.3 is 12.0 Å². The maximum Gasteiger partial charge on any atom is 0.317 e. The lowest BCUT2D eigenvalue weighted by Crippen LogP contribution is -2.46. The summed E-state index contributed by atoms with van der Waals surface area (Å²) in [6, 6.07) is 1.85. The molecule has 0 aromatic carbocycles. The molecular formula is C13H18N2O3S. The van der Waals surface area contributed by atoms with Crippen LogP contribution in [0.3, 0.4) is 0 Å². The van der Waals surface area contributed by atoms with Crippen LogP contribution in [-0.4, -0.2) is 35.1 Å². The maximum atomic E-state index is 12.0. The molecular weight excluding hydrogens is 264 g/mol. The van der Waals surface area contributed by atoms with Gasteiger partial charge in [-0.3, -0.25) is 4.79 Å². The number of hydrogen-bond acceptors (Lipinski definition) is 3. The molecule has 0 spiro atoms.